The Balaban J connectivity index is 2.38. The van der Waals surface area contributed by atoms with E-state index in [1.807, 2.05) is 0 Å². The van der Waals surface area contributed by atoms with E-state index in [0.717, 1.165) is 12.1 Å². The molecule has 1 aromatic rings. The lowest BCUT2D eigenvalue weighted by atomic mass is 10.1. The molecule has 0 aromatic heterocycles. The third kappa shape index (κ3) is 4.62. The van der Waals surface area contributed by atoms with Gasteiger partial charge in [0, 0.05) is 17.5 Å². The van der Waals surface area contributed by atoms with E-state index in [1.165, 1.54) is 24.9 Å². The molecule has 0 saturated carbocycles. The fraction of sp³-hybridized carbons (Fsp3) is 0.417. The maximum Gasteiger partial charge on any atom is 0.306 e. The van der Waals surface area contributed by atoms with Crippen molar-refractivity contribution in [3.63, 3.8) is 0 Å². The summed E-state index contributed by atoms with van der Waals surface area (Å²) in [6.07, 6.45) is 0.311. The SMILES string of the molecule is COC(=O)CCSCC(N)c1ccc(F)c(F)c1. The zero-order valence-electron chi connectivity index (χ0n) is 9.99. The van der Waals surface area contributed by atoms with E-state index in [4.69, 9.17) is 5.73 Å². The summed E-state index contributed by atoms with van der Waals surface area (Å²) in [4.78, 5) is 10.9. The highest BCUT2D eigenvalue weighted by molar-refractivity contribution is 7.99. The Hall–Kier alpha value is -1.14. The van der Waals surface area contributed by atoms with E-state index in [-0.39, 0.29) is 12.0 Å². The monoisotopic (exact) mass is 275 g/mol. The quantitative estimate of drug-likeness (QED) is 0.639. The second kappa shape index (κ2) is 7.33. The van der Waals surface area contributed by atoms with Crippen LogP contribution in [0.1, 0.15) is 18.0 Å². The first-order valence-corrected chi connectivity index (χ1v) is 6.55. The average Bonchev–Trinajstić information content (AvgIpc) is 2.37. The lowest BCUT2D eigenvalue weighted by Crippen LogP contribution is -2.14. The third-order valence-electron chi connectivity index (χ3n) is 2.35. The lowest BCUT2D eigenvalue weighted by molar-refractivity contribution is -0.140. The number of esters is 1. The molecule has 0 fully saturated rings. The van der Waals surface area contributed by atoms with Gasteiger partial charge in [-0.1, -0.05) is 6.07 Å². The molecule has 0 aliphatic heterocycles. The fourth-order valence-corrected chi connectivity index (χ4v) is 2.23. The molecule has 0 saturated heterocycles. The molecule has 3 nitrogen and oxygen atoms in total. The lowest BCUT2D eigenvalue weighted by Gasteiger charge is -2.11. The van der Waals surface area contributed by atoms with Gasteiger partial charge in [0.15, 0.2) is 11.6 Å². The molecule has 0 bridgehead atoms. The molecule has 100 valence electrons. The van der Waals surface area contributed by atoms with Gasteiger partial charge in [0.05, 0.1) is 13.5 Å². The van der Waals surface area contributed by atoms with E-state index in [9.17, 15) is 13.6 Å². The van der Waals surface area contributed by atoms with E-state index in [1.54, 1.807) is 0 Å². The van der Waals surface area contributed by atoms with E-state index in [0.29, 0.717) is 23.5 Å². The van der Waals surface area contributed by atoms with Crippen molar-refractivity contribution in [1.82, 2.24) is 0 Å². The van der Waals surface area contributed by atoms with Crippen LogP contribution in [0, 0.1) is 11.6 Å². The molecule has 0 aliphatic carbocycles. The van der Waals surface area contributed by atoms with Crippen LogP contribution < -0.4 is 5.73 Å². The number of thioether (sulfide) groups is 1. The van der Waals surface area contributed by atoms with Gasteiger partial charge in [0.1, 0.15) is 0 Å². The summed E-state index contributed by atoms with van der Waals surface area (Å²) in [7, 11) is 1.33. The van der Waals surface area contributed by atoms with Crippen LogP contribution in [0.3, 0.4) is 0 Å². The van der Waals surface area contributed by atoms with Gasteiger partial charge in [-0.25, -0.2) is 8.78 Å². The van der Waals surface area contributed by atoms with Gasteiger partial charge in [-0.05, 0) is 17.7 Å². The summed E-state index contributed by atoms with van der Waals surface area (Å²) in [6.45, 7) is 0. The standard InChI is InChI=1S/C12H15F2NO2S/c1-17-12(16)4-5-18-7-11(15)8-2-3-9(13)10(14)6-8/h2-3,6,11H,4-5,7,15H2,1H3. The molecule has 0 aliphatic rings. The maximum absolute atomic E-state index is 13.0. The minimum atomic E-state index is -0.900. The van der Waals surface area contributed by atoms with Crippen LogP contribution in [-0.4, -0.2) is 24.6 Å². The molecular weight excluding hydrogens is 260 g/mol. The van der Waals surface area contributed by atoms with Crippen LogP contribution in [0.25, 0.3) is 0 Å². The van der Waals surface area contributed by atoms with Crippen molar-refractivity contribution < 1.29 is 18.3 Å². The Morgan fingerprint density at radius 1 is 1.44 bits per heavy atom. The predicted molar refractivity (Wildman–Crippen MR) is 67.2 cm³/mol. The van der Waals surface area contributed by atoms with Crippen LogP contribution in [0.5, 0.6) is 0 Å². The first-order chi connectivity index (χ1) is 8.54. The molecule has 1 aromatic carbocycles. The van der Waals surface area contributed by atoms with Crippen molar-refractivity contribution >= 4 is 17.7 Å². The van der Waals surface area contributed by atoms with Crippen molar-refractivity contribution in [1.29, 1.82) is 0 Å². The zero-order valence-corrected chi connectivity index (χ0v) is 10.8. The zero-order chi connectivity index (χ0) is 13.5. The number of carbonyl (C=O) groups is 1. The van der Waals surface area contributed by atoms with Crippen LogP contribution in [0.4, 0.5) is 8.78 Å². The van der Waals surface area contributed by atoms with E-state index in [2.05, 4.69) is 4.74 Å². The Labute approximate surface area is 109 Å². The Kier molecular flexibility index (Phi) is 6.07. The first-order valence-electron chi connectivity index (χ1n) is 5.39. The van der Waals surface area contributed by atoms with Crippen LogP contribution >= 0.6 is 11.8 Å². The molecule has 6 heteroatoms. The van der Waals surface area contributed by atoms with E-state index < -0.39 is 11.6 Å². The van der Waals surface area contributed by atoms with Crippen LogP contribution in [0.15, 0.2) is 18.2 Å². The number of nitrogens with two attached hydrogens (primary N) is 1. The molecule has 1 rings (SSSR count). The highest BCUT2D eigenvalue weighted by Gasteiger charge is 2.10. The summed E-state index contributed by atoms with van der Waals surface area (Å²) < 4.78 is 30.2. The Morgan fingerprint density at radius 2 is 2.17 bits per heavy atom. The summed E-state index contributed by atoms with van der Waals surface area (Å²) in [6, 6.07) is 3.23. The average molecular weight is 275 g/mol. The molecule has 0 amide bonds. The molecule has 0 heterocycles. The Bertz CT molecular complexity index is 415. The molecule has 2 N–H and O–H groups in total. The van der Waals surface area contributed by atoms with Crippen molar-refractivity contribution in [3.8, 4) is 0 Å². The van der Waals surface area contributed by atoms with Gasteiger partial charge in [0.2, 0.25) is 0 Å². The number of benzene rings is 1. The Morgan fingerprint density at radius 3 is 2.78 bits per heavy atom. The second-order valence-electron chi connectivity index (χ2n) is 3.68. The largest absolute Gasteiger partial charge is 0.469 e. The number of methoxy groups -OCH3 is 1. The molecule has 0 radical (unpaired) electrons. The van der Waals surface area contributed by atoms with Gasteiger partial charge in [-0.15, -0.1) is 0 Å². The van der Waals surface area contributed by atoms with Crippen LogP contribution in [0.2, 0.25) is 0 Å². The first kappa shape index (κ1) is 14.9. The maximum atomic E-state index is 13.0. The van der Waals surface area contributed by atoms with E-state index >= 15 is 0 Å². The van der Waals surface area contributed by atoms with Gasteiger partial charge in [-0.2, -0.15) is 11.8 Å². The smallest absolute Gasteiger partial charge is 0.306 e. The van der Waals surface area contributed by atoms with Crippen molar-refractivity contribution in [2.45, 2.75) is 12.5 Å². The number of ether oxygens (including phenoxy) is 1. The number of hydrogen-bond acceptors (Lipinski definition) is 4. The topological polar surface area (TPSA) is 52.3 Å². The third-order valence-corrected chi connectivity index (χ3v) is 3.44. The second-order valence-corrected chi connectivity index (χ2v) is 4.83. The highest BCUT2D eigenvalue weighted by atomic mass is 32.2. The highest BCUT2D eigenvalue weighted by Crippen LogP contribution is 2.18. The van der Waals surface area contributed by atoms with Gasteiger partial charge in [-0.3, -0.25) is 4.79 Å². The van der Waals surface area contributed by atoms with Gasteiger partial charge >= 0.3 is 5.97 Å². The van der Waals surface area contributed by atoms with Crippen molar-refractivity contribution in [2.24, 2.45) is 5.73 Å². The fourth-order valence-electron chi connectivity index (χ4n) is 1.31. The van der Waals surface area contributed by atoms with Gasteiger partial charge < -0.3 is 10.5 Å². The number of halogens is 2. The van der Waals surface area contributed by atoms with Gasteiger partial charge in [0.25, 0.3) is 0 Å². The van der Waals surface area contributed by atoms with Crippen LogP contribution in [-0.2, 0) is 9.53 Å². The molecule has 0 spiro atoms. The summed E-state index contributed by atoms with van der Waals surface area (Å²) in [5.74, 6) is -0.942. The minimum Gasteiger partial charge on any atom is -0.469 e. The molecule has 1 unspecified atom stereocenters. The molecule has 18 heavy (non-hydrogen) atoms. The molecule has 1 atom stereocenters. The number of hydrogen-bond donors (Lipinski definition) is 1. The summed E-state index contributed by atoms with van der Waals surface area (Å²) in [5, 5.41) is 0. The normalized spacial score (nSPS) is 12.2. The predicted octanol–water partition coefficient (Wildman–Crippen LogP) is 2.26. The minimum absolute atomic E-state index is 0.274. The molecular formula is C12H15F2NO2S. The summed E-state index contributed by atoms with van der Waals surface area (Å²) in [5.41, 5.74) is 6.38. The number of carbonyl (C=O) groups excluding carboxylic acids is 1. The van der Waals surface area contributed by atoms with Crippen molar-refractivity contribution in [2.75, 3.05) is 18.6 Å². The summed E-state index contributed by atoms with van der Waals surface area (Å²) >= 11 is 1.47. The number of rotatable bonds is 6. The van der Waals surface area contributed by atoms with Crippen molar-refractivity contribution in [3.05, 3.63) is 35.4 Å².